The normalized spacial score (nSPS) is 12.6. The highest BCUT2D eigenvalue weighted by Crippen LogP contribution is 2.20. The second-order valence-electron chi connectivity index (χ2n) is 4.09. The molecule has 19 heavy (non-hydrogen) atoms. The molecular weight excluding hydrogens is 252 g/mol. The molecule has 0 bridgehead atoms. The third-order valence-corrected chi connectivity index (χ3v) is 2.71. The van der Waals surface area contributed by atoms with Crippen molar-refractivity contribution >= 4 is 0 Å². The summed E-state index contributed by atoms with van der Waals surface area (Å²) in [5.41, 5.74) is 0.879. The highest BCUT2D eigenvalue weighted by molar-refractivity contribution is 5.30. The maximum atomic E-state index is 12.1. The molecule has 0 aliphatic heterocycles. The van der Waals surface area contributed by atoms with Crippen molar-refractivity contribution in [1.29, 1.82) is 0 Å². The first-order valence-corrected chi connectivity index (χ1v) is 5.91. The number of aromatic nitrogens is 2. The fraction of sp³-hybridized carbons (Fsp3) is 0.308. The van der Waals surface area contributed by atoms with Crippen molar-refractivity contribution in [1.82, 2.24) is 15.3 Å². The van der Waals surface area contributed by atoms with Gasteiger partial charge < -0.3 is 15.0 Å². The summed E-state index contributed by atoms with van der Waals surface area (Å²) in [6.45, 7) is -0.278. The number of nitrogens with zero attached hydrogens (tertiary/aromatic N) is 1. The monoisotopic (exact) mass is 267 g/mol. The predicted octanol–water partition coefficient (Wildman–Crippen LogP) is 2.86. The summed E-state index contributed by atoms with van der Waals surface area (Å²) < 4.78 is 28.6. The SMILES string of the molecule is CC(NCc1ncc[nH]1)c1cccc(OC(F)F)c1. The van der Waals surface area contributed by atoms with E-state index in [9.17, 15) is 8.78 Å². The van der Waals surface area contributed by atoms with Crippen LogP contribution in [0.4, 0.5) is 8.78 Å². The number of ether oxygens (including phenoxy) is 1. The molecule has 0 radical (unpaired) electrons. The molecule has 0 fully saturated rings. The van der Waals surface area contributed by atoms with Crippen molar-refractivity contribution in [2.45, 2.75) is 26.1 Å². The number of alkyl halides is 2. The van der Waals surface area contributed by atoms with Crippen LogP contribution in [-0.2, 0) is 6.54 Å². The molecule has 1 aromatic heterocycles. The molecule has 1 unspecified atom stereocenters. The van der Waals surface area contributed by atoms with E-state index < -0.39 is 6.61 Å². The highest BCUT2D eigenvalue weighted by atomic mass is 19.3. The topological polar surface area (TPSA) is 49.9 Å². The molecule has 0 aliphatic rings. The lowest BCUT2D eigenvalue weighted by Gasteiger charge is -2.14. The van der Waals surface area contributed by atoms with Gasteiger partial charge in [-0.05, 0) is 24.6 Å². The van der Waals surface area contributed by atoms with Crippen LogP contribution in [0.5, 0.6) is 5.75 Å². The van der Waals surface area contributed by atoms with E-state index in [4.69, 9.17) is 0 Å². The zero-order valence-electron chi connectivity index (χ0n) is 10.4. The summed E-state index contributed by atoms with van der Waals surface area (Å²) >= 11 is 0. The van der Waals surface area contributed by atoms with Crippen LogP contribution >= 0.6 is 0 Å². The minimum absolute atomic E-state index is 0.00585. The zero-order valence-corrected chi connectivity index (χ0v) is 10.4. The van der Waals surface area contributed by atoms with Crippen molar-refractivity contribution in [2.24, 2.45) is 0 Å². The first kappa shape index (κ1) is 13.5. The van der Waals surface area contributed by atoms with Crippen LogP contribution in [0.15, 0.2) is 36.7 Å². The molecule has 6 heteroatoms. The van der Waals surface area contributed by atoms with E-state index in [1.54, 1.807) is 24.5 Å². The van der Waals surface area contributed by atoms with E-state index in [0.717, 1.165) is 11.4 Å². The van der Waals surface area contributed by atoms with Gasteiger partial charge in [0.2, 0.25) is 0 Å². The molecular formula is C13H15F2N3O. The third-order valence-electron chi connectivity index (χ3n) is 2.71. The molecule has 2 aromatic rings. The molecule has 0 saturated heterocycles. The Hall–Kier alpha value is -1.95. The third kappa shape index (κ3) is 4.03. The van der Waals surface area contributed by atoms with E-state index >= 15 is 0 Å². The van der Waals surface area contributed by atoms with Crippen LogP contribution in [-0.4, -0.2) is 16.6 Å². The maximum absolute atomic E-state index is 12.1. The first-order chi connectivity index (χ1) is 9.15. The van der Waals surface area contributed by atoms with Gasteiger partial charge in [0, 0.05) is 18.4 Å². The second-order valence-corrected chi connectivity index (χ2v) is 4.09. The number of halogens is 2. The number of aromatic amines is 1. The van der Waals surface area contributed by atoms with Gasteiger partial charge in [-0.3, -0.25) is 0 Å². The molecule has 1 aromatic carbocycles. The molecule has 2 rings (SSSR count). The minimum atomic E-state index is -2.80. The Morgan fingerprint density at radius 2 is 2.26 bits per heavy atom. The molecule has 1 heterocycles. The zero-order chi connectivity index (χ0) is 13.7. The van der Waals surface area contributed by atoms with E-state index in [1.807, 2.05) is 13.0 Å². The lowest BCUT2D eigenvalue weighted by molar-refractivity contribution is -0.0499. The lowest BCUT2D eigenvalue weighted by atomic mass is 10.1. The lowest BCUT2D eigenvalue weighted by Crippen LogP contribution is -2.19. The maximum Gasteiger partial charge on any atom is 0.387 e. The molecule has 102 valence electrons. The van der Waals surface area contributed by atoms with Crippen molar-refractivity contribution in [3.63, 3.8) is 0 Å². The number of benzene rings is 1. The smallest absolute Gasteiger partial charge is 0.387 e. The highest BCUT2D eigenvalue weighted by Gasteiger charge is 2.09. The quantitative estimate of drug-likeness (QED) is 0.846. The Bertz CT molecular complexity index is 502. The Labute approximate surface area is 109 Å². The Kier molecular flexibility index (Phi) is 4.46. The summed E-state index contributed by atoms with van der Waals surface area (Å²) in [7, 11) is 0. The summed E-state index contributed by atoms with van der Waals surface area (Å²) in [6.07, 6.45) is 3.43. The van der Waals surface area contributed by atoms with E-state index in [2.05, 4.69) is 20.0 Å². The van der Waals surface area contributed by atoms with Gasteiger partial charge in [0.15, 0.2) is 0 Å². The first-order valence-electron chi connectivity index (χ1n) is 5.91. The second kappa shape index (κ2) is 6.29. The largest absolute Gasteiger partial charge is 0.435 e. The summed E-state index contributed by atoms with van der Waals surface area (Å²) in [6, 6.07) is 6.67. The predicted molar refractivity (Wildman–Crippen MR) is 66.9 cm³/mol. The van der Waals surface area contributed by atoms with Gasteiger partial charge in [-0.15, -0.1) is 0 Å². The number of hydrogen-bond acceptors (Lipinski definition) is 3. The van der Waals surface area contributed by atoms with Crippen LogP contribution in [0.1, 0.15) is 24.4 Å². The van der Waals surface area contributed by atoms with Crippen LogP contribution < -0.4 is 10.1 Å². The van der Waals surface area contributed by atoms with E-state index in [1.165, 1.54) is 6.07 Å². The Morgan fingerprint density at radius 1 is 1.42 bits per heavy atom. The van der Waals surface area contributed by atoms with Crippen LogP contribution in [0, 0.1) is 0 Å². The standard InChI is InChI=1S/C13H15F2N3O/c1-9(18-8-12-16-5-6-17-12)10-3-2-4-11(7-10)19-13(14)15/h2-7,9,13,18H,8H2,1H3,(H,16,17). The fourth-order valence-electron chi connectivity index (χ4n) is 1.72. The van der Waals surface area contributed by atoms with Gasteiger partial charge in [-0.25, -0.2) is 4.98 Å². The van der Waals surface area contributed by atoms with Crippen LogP contribution in [0.3, 0.4) is 0 Å². The molecule has 0 spiro atoms. The van der Waals surface area contributed by atoms with Crippen molar-refractivity contribution < 1.29 is 13.5 Å². The number of nitrogens with one attached hydrogen (secondary N) is 2. The van der Waals surface area contributed by atoms with E-state index in [-0.39, 0.29) is 11.8 Å². The van der Waals surface area contributed by atoms with Gasteiger partial charge >= 0.3 is 6.61 Å². The Morgan fingerprint density at radius 3 is 2.95 bits per heavy atom. The van der Waals surface area contributed by atoms with Crippen molar-refractivity contribution in [3.05, 3.63) is 48.0 Å². The fourth-order valence-corrected chi connectivity index (χ4v) is 1.72. The van der Waals surface area contributed by atoms with Gasteiger partial charge in [0.1, 0.15) is 11.6 Å². The van der Waals surface area contributed by atoms with Gasteiger partial charge in [0.25, 0.3) is 0 Å². The molecule has 0 amide bonds. The molecule has 2 N–H and O–H groups in total. The average molecular weight is 267 g/mol. The van der Waals surface area contributed by atoms with Crippen molar-refractivity contribution in [3.8, 4) is 5.75 Å². The Balaban J connectivity index is 1.96. The summed E-state index contributed by atoms with van der Waals surface area (Å²) in [5.74, 6) is 0.992. The number of imidazole rings is 1. The van der Waals surface area contributed by atoms with E-state index in [0.29, 0.717) is 6.54 Å². The van der Waals surface area contributed by atoms with Crippen LogP contribution in [0.2, 0.25) is 0 Å². The number of rotatable bonds is 6. The molecule has 0 aliphatic carbocycles. The van der Waals surface area contributed by atoms with Crippen molar-refractivity contribution in [2.75, 3.05) is 0 Å². The molecule has 4 nitrogen and oxygen atoms in total. The number of hydrogen-bond donors (Lipinski definition) is 2. The van der Waals surface area contributed by atoms with Gasteiger partial charge in [-0.1, -0.05) is 12.1 Å². The summed E-state index contributed by atoms with van der Waals surface area (Å²) in [5, 5.41) is 3.25. The van der Waals surface area contributed by atoms with Gasteiger partial charge in [0.05, 0.1) is 6.54 Å². The molecule has 0 saturated carbocycles. The minimum Gasteiger partial charge on any atom is -0.435 e. The van der Waals surface area contributed by atoms with Crippen LogP contribution in [0.25, 0.3) is 0 Å². The summed E-state index contributed by atoms with van der Waals surface area (Å²) in [4.78, 5) is 7.08. The van der Waals surface area contributed by atoms with Gasteiger partial charge in [-0.2, -0.15) is 8.78 Å². The molecule has 1 atom stereocenters. The number of H-pyrrole nitrogens is 1. The average Bonchev–Trinajstić information content (AvgIpc) is 2.88.